The van der Waals surface area contributed by atoms with Crippen molar-refractivity contribution in [1.29, 1.82) is 0 Å². The molecule has 0 fully saturated rings. The molecule has 15 heavy (non-hydrogen) atoms. The van der Waals surface area contributed by atoms with E-state index in [1.165, 1.54) is 6.07 Å². The number of halogens is 2. The zero-order valence-corrected chi connectivity index (χ0v) is 9.94. The van der Waals surface area contributed by atoms with Crippen molar-refractivity contribution in [3.63, 3.8) is 0 Å². The van der Waals surface area contributed by atoms with Crippen LogP contribution in [0.1, 0.15) is 38.3 Å². The van der Waals surface area contributed by atoms with Gasteiger partial charge in [-0.2, -0.15) is 0 Å². The Kier molecular flexibility index (Phi) is 5.06. The number of hydrogen-bond acceptors (Lipinski definition) is 1. The molecule has 0 aliphatic rings. The molecule has 1 atom stereocenters. The normalized spacial score (nSPS) is 12.8. The average Bonchev–Trinajstić information content (AvgIpc) is 2.17. The second-order valence-electron chi connectivity index (χ2n) is 3.56. The summed E-state index contributed by atoms with van der Waals surface area (Å²) in [6.07, 6.45) is 1.96. The highest BCUT2D eigenvalue weighted by molar-refractivity contribution is 6.30. The van der Waals surface area contributed by atoms with E-state index < -0.39 is 0 Å². The second kappa shape index (κ2) is 6.09. The van der Waals surface area contributed by atoms with Crippen molar-refractivity contribution >= 4 is 11.6 Å². The van der Waals surface area contributed by atoms with Crippen molar-refractivity contribution in [1.82, 2.24) is 5.32 Å². The van der Waals surface area contributed by atoms with E-state index in [9.17, 15) is 4.39 Å². The standard InChI is InChI=1S/C12H17ClFN/c1-3-5-12(15-4-2)10-7-6-9(13)8-11(10)14/h6-8,12,15H,3-5H2,1-2H3. The maximum Gasteiger partial charge on any atom is 0.129 e. The predicted molar refractivity (Wildman–Crippen MR) is 62.7 cm³/mol. The highest BCUT2D eigenvalue weighted by atomic mass is 35.5. The predicted octanol–water partition coefficient (Wildman–Crippen LogP) is 3.93. The molecule has 0 aliphatic heterocycles. The molecule has 0 spiro atoms. The summed E-state index contributed by atoms with van der Waals surface area (Å²) in [7, 11) is 0. The van der Waals surface area contributed by atoms with Gasteiger partial charge in [0.15, 0.2) is 0 Å². The molecule has 1 nitrogen and oxygen atoms in total. The van der Waals surface area contributed by atoms with Gasteiger partial charge >= 0.3 is 0 Å². The molecule has 3 heteroatoms. The maximum atomic E-state index is 13.6. The Balaban J connectivity index is 2.89. The Morgan fingerprint density at radius 2 is 2.13 bits per heavy atom. The molecule has 0 amide bonds. The lowest BCUT2D eigenvalue weighted by Crippen LogP contribution is -2.21. The van der Waals surface area contributed by atoms with Gasteiger partial charge in [-0.3, -0.25) is 0 Å². The van der Waals surface area contributed by atoms with Crippen LogP contribution in [-0.2, 0) is 0 Å². The monoisotopic (exact) mass is 229 g/mol. The van der Waals surface area contributed by atoms with Crippen LogP contribution in [0.5, 0.6) is 0 Å². The summed E-state index contributed by atoms with van der Waals surface area (Å²) >= 11 is 5.72. The lowest BCUT2D eigenvalue weighted by Gasteiger charge is -2.18. The molecule has 1 aromatic carbocycles. The van der Waals surface area contributed by atoms with Crippen molar-refractivity contribution in [2.75, 3.05) is 6.54 Å². The summed E-state index contributed by atoms with van der Waals surface area (Å²) in [5.41, 5.74) is 0.711. The Morgan fingerprint density at radius 1 is 1.40 bits per heavy atom. The molecule has 0 saturated heterocycles. The van der Waals surface area contributed by atoms with Crippen molar-refractivity contribution in [3.05, 3.63) is 34.6 Å². The first-order valence-corrected chi connectivity index (χ1v) is 5.75. The van der Waals surface area contributed by atoms with Crippen molar-refractivity contribution in [3.8, 4) is 0 Å². The minimum Gasteiger partial charge on any atom is -0.310 e. The molecule has 1 rings (SSSR count). The van der Waals surface area contributed by atoms with Gasteiger partial charge in [0.2, 0.25) is 0 Å². The molecule has 1 N–H and O–H groups in total. The van der Waals surface area contributed by atoms with Crippen LogP contribution in [0.3, 0.4) is 0 Å². The second-order valence-corrected chi connectivity index (χ2v) is 4.00. The number of benzene rings is 1. The fraction of sp³-hybridized carbons (Fsp3) is 0.500. The van der Waals surface area contributed by atoms with Crippen LogP contribution >= 0.6 is 11.6 Å². The molecule has 0 aliphatic carbocycles. The van der Waals surface area contributed by atoms with Crippen LogP contribution in [-0.4, -0.2) is 6.54 Å². The molecule has 1 unspecified atom stereocenters. The lowest BCUT2D eigenvalue weighted by molar-refractivity contribution is 0.481. The molecule has 0 bridgehead atoms. The Labute approximate surface area is 95.6 Å². The summed E-state index contributed by atoms with van der Waals surface area (Å²) in [4.78, 5) is 0. The van der Waals surface area contributed by atoms with Crippen LogP contribution < -0.4 is 5.32 Å². The van der Waals surface area contributed by atoms with Gasteiger partial charge in [0, 0.05) is 16.6 Å². The van der Waals surface area contributed by atoms with E-state index in [2.05, 4.69) is 12.2 Å². The van der Waals surface area contributed by atoms with E-state index in [0.717, 1.165) is 19.4 Å². The first kappa shape index (κ1) is 12.5. The molecule has 0 saturated carbocycles. The summed E-state index contributed by atoms with van der Waals surface area (Å²) in [6, 6.07) is 4.97. The quantitative estimate of drug-likeness (QED) is 0.807. The third kappa shape index (κ3) is 3.47. The Morgan fingerprint density at radius 3 is 2.67 bits per heavy atom. The van der Waals surface area contributed by atoms with Gasteiger partial charge in [-0.05, 0) is 25.1 Å². The smallest absolute Gasteiger partial charge is 0.129 e. The highest BCUT2D eigenvalue weighted by Gasteiger charge is 2.13. The molecular formula is C12H17ClFN. The first-order valence-electron chi connectivity index (χ1n) is 5.37. The lowest BCUT2D eigenvalue weighted by atomic mass is 10.0. The topological polar surface area (TPSA) is 12.0 Å². The molecule has 84 valence electrons. The number of hydrogen-bond donors (Lipinski definition) is 1. The van der Waals surface area contributed by atoms with Crippen molar-refractivity contribution in [2.24, 2.45) is 0 Å². The Bertz CT molecular complexity index is 308. The average molecular weight is 230 g/mol. The van der Waals surface area contributed by atoms with Gasteiger partial charge in [0.1, 0.15) is 5.82 Å². The van der Waals surface area contributed by atoms with Gasteiger partial charge in [0.25, 0.3) is 0 Å². The largest absolute Gasteiger partial charge is 0.310 e. The van der Waals surface area contributed by atoms with E-state index in [-0.39, 0.29) is 11.9 Å². The van der Waals surface area contributed by atoms with Gasteiger partial charge < -0.3 is 5.32 Å². The van der Waals surface area contributed by atoms with E-state index in [1.807, 2.05) is 6.92 Å². The third-order valence-electron chi connectivity index (χ3n) is 2.37. The van der Waals surface area contributed by atoms with Gasteiger partial charge in [0.05, 0.1) is 0 Å². The maximum absolute atomic E-state index is 13.6. The molecular weight excluding hydrogens is 213 g/mol. The van der Waals surface area contributed by atoms with E-state index in [0.29, 0.717) is 10.6 Å². The number of rotatable bonds is 5. The minimum atomic E-state index is -0.220. The zero-order valence-electron chi connectivity index (χ0n) is 9.19. The van der Waals surface area contributed by atoms with Crippen molar-refractivity contribution < 1.29 is 4.39 Å². The summed E-state index contributed by atoms with van der Waals surface area (Å²) < 4.78 is 13.6. The van der Waals surface area contributed by atoms with Gasteiger partial charge in [-0.1, -0.05) is 37.9 Å². The van der Waals surface area contributed by atoms with Crippen LogP contribution in [0, 0.1) is 5.82 Å². The summed E-state index contributed by atoms with van der Waals surface area (Å²) in [5, 5.41) is 3.72. The Hall–Kier alpha value is -0.600. The van der Waals surface area contributed by atoms with Crippen LogP contribution in [0.2, 0.25) is 5.02 Å². The fourth-order valence-electron chi connectivity index (χ4n) is 1.69. The molecule has 1 aromatic rings. The highest BCUT2D eigenvalue weighted by Crippen LogP contribution is 2.23. The van der Waals surface area contributed by atoms with Crippen LogP contribution in [0.4, 0.5) is 4.39 Å². The third-order valence-corrected chi connectivity index (χ3v) is 2.60. The van der Waals surface area contributed by atoms with Gasteiger partial charge in [-0.15, -0.1) is 0 Å². The minimum absolute atomic E-state index is 0.0947. The van der Waals surface area contributed by atoms with E-state index in [1.54, 1.807) is 12.1 Å². The molecule has 0 heterocycles. The van der Waals surface area contributed by atoms with Gasteiger partial charge in [-0.25, -0.2) is 4.39 Å². The summed E-state index contributed by atoms with van der Waals surface area (Å²) in [6.45, 7) is 4.96. The van der Waals surface area contributed by atoms with Crippen LogP contribution in [0.15, 0.2) is 18.2 Å². The molecule has 0 aromatic heterocycles. The molecule has 0 radical (unpaired) electrons. The van der Waals surface area contributed by atoms with Crippen molar-refractivity contribution in [2.45, 2.75) is 32.7 Å². The fourth-order valence-corrected chi connectivity index (χ4v) is 1.85. The van der Waals surface area contributed by atoms with E-state index in [4.69, 9.17) is 11.6 Å². The SMILES string of the molecule is CCCC(NCC)c1ccc(Cl)cc1F. The number of nitrogens with one attached hydrogen (secondary N) is 1. The van der Waals surface area contributed by atoms with Crippen LogP contribution in [0.25, 0.3) is 0 Å². The first-order chi connectivity index (χ1) is 7.19. The zero-order chi connectivity index (χ0) is 11.3. The summed E-state index contributed by atoms with van der Waals surface area (Å²) in [5.74, 6) is -0.220. The van der Waals surface area contributed by atoms with E-state index >= 15 is 0 Å².